The van der Waals surface area contributed by atoms with E-state index >= 15 is 0 Å². The third-order valence-corrected chi connectivity index (χ3v) is 2.22. The van der Waals surface area contributed by atoms with Crippen molar-refractivity contribution in [2.24, 2.45) is 0 Å². The lowest BCUT2D eigenvalue weighted by atomic mass is 10.2. The van der Waals surface area contributed by atoms with E-state index in [1.807, 2.05) is 0 Å². The van der Waals surface area contributed by atoms with Crippen molar-refractivity contribution in [3.05, 3.63) is 11.6 Å². The summed E-state index contributed by atoms with van der Waals surface area (Å²) >= 11 is 16.1. The van der Waals surface area contributed by atoms with Crippen LogP contribution in [0.5, 0.6) is 0 Å². The van der Waals surface area contributed by atoms with Crippen LogP contribution in [0.15, 0.2) is 11.6 Å². The van der Waals surface area contributed by atoms with E-state index in [2.05, 4.69) is 5.32 Å². The number of amides is 1. The molecule has 1 amide bonds. The van der Waals surface area contributed by atoms with Gasteiger partial charge in [-0.25, -0.2) is 4.79 Å². The fraction of sp³-hybridized carbons (Fsp3) is 0.636. The van der Waals surface area contributed by atoms with E-state index in [9.17, 15) is 9.59 Å². The van der Waals surface area contributed by atoms with E-state index in [0.29, 0.717) is 0 Å². The summed E-state index contributed by atoms with van der Waals surface area (Å²) in [6.45, 7) is 6.84. The van der Waals surface area contributed by atoms with E-state index < -0.39 is 21.3 Å². The Labute approximate surface area is 122 Å². The Morgan fingerprint density at radius 3 is 2.06 bits per heavy atom. The van der Waals surface area contributed by atoms with Gasteiger partial charge >= 0.3 is 5.97 Å². The quantitative estimate of drug-likeness (QED) is 0.495. The summed E-state index contributed by atoms with van der Waals surface area (Å²) in [6.07, 6.45) is 1.53. The van der Waals surface area contributed by atoms with Gasteiger partial charge in [0.25, 0.3) is 9.70 Å². The number of halogens is 3. The molecule has 0 fully saturated rings. The molecule has 4 nitrogen and oxygen atoms in total. The third-order valence-electron chi connectivity index (χ3n) is 1.71. The number of carbonyl (C=O) groups excluding carboxylic acids is 2. The monoisotopic (exact) mass is 315 g/mol. The maximum absolute atomic E-state index is 11.7. The predicted molar refractivity (Wildman–Crippen MR) is 72.9 cm³/mol. The Balaban J connectivity index is 4.48. The van der Waals surface area contributed by atoms with Gasteiger partial charge in [0.15, 0.2) is 0 Å². The summed E-state index contributed by atoms with van der Waals surface area (Å²) in [5, 5.41) is 2.34. The van der Waals surface area contributed by atoms with Gasteiger partial charge < -0.3 is 10.1 Å². The van der Waals surface area contributed by atoms with E-state index in [4.69, 9.17) is 39.5 Å². The minimum atomic E-state index is -2.05. The van der Waals surface area contributed by atoms with Gasteiger partial charge in [0, 0.05) is 6.54 Å². The lowest BCUT2D eigenvalue weighted by molar-refractivity contribution is -0.149. The zero-order chi connectivity index (χ0) is 14.6. The van der Waals surface area contributed by atoms with Gasteiger partial charge in [0.2, 0.25) is 0 Å². The van der Waals surface area contributed by atoms with Crippen molar-refractivity contribution in [3.63, 3.8) is 0 Å². The second-order valence-electron chi connectivity index (χ2n) is 4.50. The molecule has 0 bridgehead atoms. The van der Waals surface area contributed by atoms with E-state index in [0.717, 1.165) is 0 Å². The van der Waals surface area contributed by atoms with Crippen molar-refractivity contribution in [1.82, 2.24) is 5.32 Å². The molecule has 0 rings (SSSR count). The second kappa shape index (κ2) is 6.64. The normalized spacial score (nSPS) is 13.2. The average molecular weight is 317 g/mol. The zero-order valence-electron chi connectivity index (χ0n) is 10.6. The molecule has 0 spiro atoms. The van der Waals surface area contributed by atoms with Crippen LogP contribution in [0.25, 0.3) is 0 Å². The molecule has 0 aliphatic rings. The molecule has 1 N–H and O–H groups in total. The fourth-order valence-electron chi connectivity index (χ4n) is 0.911. The van der Waals surface area contributed by atoms with Crippen LogP contribution < -0.4 is 5.32 Å². The molecule has 0 unspecified atom stereocenters. The number of hydrogen-bond acceptors (Lipinski definition) is 3. The molecule has 0 aliphatic heterocycles. The van der Waals surface area contributed by atoms with Crippen LogP contribution in [-0.4, -0.2) is 27.8 Å². The first-order valence-electron chi connectivity index (χ1n) is 5.21. The minimum absolute atomic E-state index is 0.0574. The first kappa shape index (κ1) is 17.6. The topological polar surface area (TPSA) is 55.4 Å². The summed E-state index contributed by atoms with van der Waals surface area (Å²) in [7, 11) is 0. The molecular formula is C11H16Cl3NO3. The minimum Gasteiger partial charge on any atom is -0.457 e. The summed E-state index contributed by atoms with van der Waals surface area (Å²) in [5.74, 6) is -1.31. The van der Waals surface area contributed by atoms with Gasteiger partial charge in [-0.05, 0) is 27.7 Å². The van der Waals surface area contributed by atoms with Crippen molar-refractivity contribution in [2.45, 2.75) is 37.1 Å². The number of esters is 1. The number of alkyl halides is 3. The lowest BCUT2D eigenvalue weighted by Gasteiger charge is -2.21. The fourth-order valence-corrected chi connectivity index (χ4v) is 1.11. The molecule has 0 radical (unpaired) electrons. The highest BCUT2D eigenvalue weighted by atomic mass is 35.6. The highest BCUT2D eigenvalue weighted by Crippen LogP contribution is 2.25. The van der Waals surface area contributed by atoms with Crippen LogP contribution in [0.3, 0.4) is 0 Å². The van der Waals surface area contributed by atoms with Gasteiger partial charge in [-0.1, -0.05) is 40.9 Å². The molecule has 18 heavy (non-hydrogen) atoms. The Kier molecular flexibility index (Phi) is 6.47. The largest absolute Gasteiger partial charge is 0.457 e. The number of hydrogen-bond donors (Lipinski definition) is 1. The van der Waals surface area contributed by atoms with Crippen molar-refractivity contribution in [3.8, 4) is 0 Å². The lowest BCUT2D eigenvalue weighted by Crippen LogP contribution is -2.37. The molecule has 0 atom stereocenters. The van der Waals surface area contributed by atoms with Gasteiger partial charge in [-0.2, -0.15) is 0 Å². The number of allylic oxidation sites excluding steroid dienone is 1. The number of nitrogens with one attached hydrogen (secondary N) is 1. The SMILES string of the molecule is C/C=C(\CNC(=O)C(Cl)(Cl)Cl)C(=O)OC(C)(C)C. The van der Waals surface area contributed by atoms with Gasteiger partial charge in [0.05, 0.1) is 5.57 Å². The highest BCUT2D eigenvalue weighted by Gasteiger charge is 2.31. The van der Waals surface area contributed by atoms with Gasteiger partial charge in [0.1, 0.15) is 5.60 Å². The third kappa shape index (κ3) is 7.09. The molecule has 7 heteroatoms. The van der Waals surface area contributed by atoms with Crippen molar-refractivity contribution >= 4 is 46.7 Å². The second-order valence-corrected chi connectivity index (χ2v) is 6.78. The maximum Gasteiger partial charge on any atom is 0.336 e. The van der Waals surface area contributed by atoms with E-state index in [-0.39, 0.29) is 12.1 Å². The van der Waals surface area contributed by atoms with Crippen molar-refractivity contribution in [2.75, 3.05) is 6.54 Å². The summed E-state index contributed by atoms with van der Waals surface area (Å²) in [4.78, 5) is 23.0. The molecule has 0 saturated heterocycles. The zero-order valence-corrected chi connectivity index (χ0v) is 12.9. The Morgan fingerprint density at radius 1 is 1.22 bits per heavy atom. The van der Waals surface area contributed by atoms with E-state index in [1.54, 1.807) is 27.7 Å². The molecule has 0 heterocycles. The first-order valence-corrected chi connectivity index (χ1v) is 6.34. The van der Waals surface area contributed by atoms with E-state index in [1.165, 1.54) is 6.08 Å². The number of ether oxygens (including phenoxy) is 1. The van der Waals surface area contributed by atoms with Crippen molar-refractivity contribution < 1.29 is 14.3 Å². The van der Waals surface area contributed by atoms with Crippen LogP contribution in [0, 0.1) is 0 Å². The van der Waals surface area contributed by atoms with Crippen LogP contribution in [-0.2, 0) is 14.3 Å². The number of carbonyl (C=O) groups is 2. The number of rotatable bonds is 3. The van der Waals surface area contributed by atoms with Crippen LogP contribution >= 0.6 is 34.8 Å². The van der Waals surface area contributed by atoms with Gasteiger partial charge in [-0.3, -0.25) is 4.79 Å². The Morgan fingerprint density at radius 2 is 1.72 bits per heavy atom. The summed E-state index contributed by atoms with van der Waals surface area (Å²) < 4.78 is 3.10. The highest BCUT2D eigenvalue weighted by molar-refractivity contribution is 6.76. The van der Waals surface area contributed by atoms with Crippen LogP contribution in [0.2, 0.25) is 0 Å². The van der Waals surface area contributed by atoms with Crippen LogP contribution in [0.1, 0.15) is 27.7 Å². The predicted octanol–water partition coefficient (Wildman–Crippen LogP) is 2.76. The summed E-state index contributed by atoms with van der Waals surface area (Å²) in [6, 6.07) is 0. The van der Waals surface area contributed by atoms with Crippen molar-refractivity contribution in [1.29, 1.82) is 0 Å². The van der Waals surface area contributed by atoms with Gasteiger partial charge in [-0.15, -0.1) is 0 Å². The molecule has 0 aromatic heterocycles. The maximum atomic E-state index is 11.7. The summed E-state index contributed by atoms with van der Waals surface area (Å²) in [5.41, 5.74) is -0.322. The molecule has 0 aromatic carbocycles. The van der Waals surface area contributed by atoms with Crippen LogP contribution in [0.4, 0.5) is 0 Å². The standard InChI is InChI=1S/C11H16Cl3NO3/c1-5-7(8(16)18-10(2,3)4)6-15-9(17)11(12,13)14/h5H,6H2,1-4H3,(H,15,17)/b7-5+. The first-order chi connectivity index (χ1) is 7.97. The molecular weight excluding hydrogens is 300 g/mol. The Bertz CT molecular complexity index is 354. The smallest absolute Gasteiger partial charge is 0.336 e. The molecule has 0 aliphatic carbocycles. The molecule has 0 saturated carbocycles. The molecule has 0 aromatic rings. The average Bonchev–Trinajstić information content (AvgIpc) is 2.13. The molecule has 104 valence electrons. The Hall–Kier alpha value is -0.450.